The van der Waals surface area contributed by atoms with Crippen molar-refractivity contribution in [3.8, 4) is 0 Å². The first-order valence-corrected chi connectivity index (χ1v) is 10.1. The molecular formula is C23H45BY2-. The molecule has 3 aliphatic rings. The topological polar surface area (TPSA) is 0 Å². The molecule has 5 radical (unpaired) electrons. The van der Waals surface area contributed by atoms with Crippen LogP contribution in [0.25, 0.3) is 0 Å². The van der Waals surface area contributed by atoms with E-state index in [0.29, 0.717) is 0 Å². The van der Waals surface area contributed by atoms with E-state index < -0.39 is 0 Å². The predicted octanol–water partition coefficient (Wildman–Crippen LogP) is 7.68. The summed E-state index contributed by atoms with van der Waals surface area (Å²) >= 11 is 0. The average molecular weight is 510 g/mol. The summed E-state index contributed by atoms with van der Waals surface area (Å²) in [6.45, 7) is 2.45. The Morgan fingerprint density at radius 1 is 0.577 bits per heavy atom. The second-order valence-electron chi connectivity index (χ2n) is 8.79. The fourth-order valence-electron chi connectivity index (χ4n) is 5.44. The Kier molecular flexibility index (Phi) is 22.9. The zero-order valence-corrected chi connectivity index (χ0v) is 21.8. The molecule has 0 aliphatic heterocycles. The maximum atomic E-state index is 2.51. The van der Waals surface area contributed by atoms with Crippen molar-refractivity contribution in [1.82, 2.24) is 0 Å². The molecule has 0 amide bonds. The van der Waals surface area contributed by atoms with Crippen LogP contribution in [0, 0.1) is 36.0 Å². The van der Waals surface area contributed by atoms with Gasteiger partial charge >= 0.3 is 0 Å². The summed E-state index contributed by atoms with van der Waals surface area (Å²) in [6.07, 6.45) is 23.8. The average Bonchev–Trinajstić information content (AvgIpc) is 2.53. The van der Waals surface area contributed by atoms with Gasteiger partial charge in [0.15, 0.2) is 0 Å². The Morgan fingerprint density at radius 2 is 0.885 bits per heavy atom. The van der Waals surface area contributed by atoms with Crippen LogP contribution in [0.5, 0.6) is 0 Å². The molecule has 0 saturated heterocycles. The normalized spacial score (nSPS) is 31.7. The van der Waals surface area contributed by atoms with E-state index in [-0.39, 0.29) is 88.7 Å². The molecule has 0 unspecified atom stereocenters. The van der Waals surface area contributed by atoms with Crippen molar-refractivity contribution in [1.29, 1.82) is 0 Å². The van der Waals surface area contributed by atoms with Crippen LogP contribution in [0.4, 0.5) is 0 Å². The summed E-state index contributed by atoms with van der Waals surface area (Å²) < 4.78 is 0. The molecule has 0 aromatic rings. The third-order valence-electron chi connectivity index (χ3n) is 6.99. The third kappa shape index (κ3) is 11.5. The molecule has 3 saturated carbocycles. The largest absolute Gasteiger partial charge is 0.328 e. The van der Waals surface area contributed by atoms with Crippen molar-refractivity contribution in [2.45, 2.75) is 112 Å². The van der Waals surface area contributed by atoms with E-state index in [1.54, 1.807) is 51.4 Å². The van der Waals surface area contributed by atoms with Crippen molar-refractivity contribution in [3.63, 3.8) is 0 Å². The minimum absolute atomic E-state index is 0. The van der Waals surface area contributed by atoms with Gasteiger partial charge < -0.3 is 6.42 Å². The van der Waals surface area contributed by atoms with Gasteiger partial charge in [-0.3, -0.25) is 0 Å². The molecule has 0 atom stereocenters. The van der Waals surface area contributed by atoms with Crippen LogP contribution >= 0.6 is 0 Å². The molecule has 3 rings (SSSR count). The quantitative estimate of drug-likeness (QED) is 0.269. The molecular weight excluding hydrogens is 465 g/mol. The molecule has 3 aliphatic carbocycles. The summed E-state index contributed by atoms with van der Waals surface area (Å²) in [4.78, 5) is 0. The van der Waals surface area contributed by atoms with Crippen molar-refractivity contribution >= 4 is 8.41 Å². The molecule has 26 heavy (non-hydrogen) atoms. The Balaban J connectivity index is -0.00000106. The van der Waals surface area contributed by atoms with Gasteiger partial charge in [-0.2, -0.15) is 12.8 Å². The second kappa shape index (κ2) is 18.1. The Morgan fingerprint density at radius 3 is 1.27 bits per heavy atom. The van der Waals surface area contributed by atoms with Gasteiger partial charge in [0.25, 0.3) is 0 Å². The summed E-state index contributed by atoms with van der Waals surface area (Å²) in [5.74, 6) is 5.38. The van der Waals surface area contributed by atoms with Crippen LogP contribution in [-0.4, -0.2) is 8.41 Å². The van der Waals surface area contributed by atoms with E-state index in [4.69, 9.17) is 0 Å². The molecule has 0 bridgehead atoms. The maximum Gasteiger partial charge on any atom is 0 e. The van der Waals surface area contributed by atoms with E-state index in [1.165, 1.54) is 38.5 Å². The summed E-state index contributed by atoms with van der Waals surface area (Å²) in [5.41, 5.74) is 0. The molecule has 0 spiro atoms. The first kappa shape index (κ1) is 32.9. The monoisotopic (exact) mass is 510 g/mol. The van der Waals surface area contributed by atoms with E-state index in [1.807, 2.05) is 0 Å². The predicted molar refractivity (Wildman–Crippen MR) is 111 cm³/mol. The Labute approximate surface area is 219 Å². The minimum atomic E-state index is 0. The zero-order valence-electron chi connectivity index (χ0n) is 16.1. The minimum Gasteiger partial charge on any atom is -0.328 e. The number of hydrogen-bond donors (Lipinski definition) is 0. The van der Waals surface area contributed by atoms with E-state index >= 15 is 0 Å². The maximum absolute atomic E-state index is 2.51. The molecule has 0 nitrogen and oxygen atoms in total. The molecule has 3 fully saturated rings. The number of hydrogen-bond acceptors (Lipinski definition) is 0. The zero-order chi connectivity index (χ0) is 14.5. The molecule has 0 aromatic heterocycles. The van der Waals surface area contributed by atoms with E-state index in [2.05, 4.69) is 13.3 Å². The van der Waals surface area contributed by atoms with Gasteiger partial charge in [0.2, 0.25) is 0 Å². The smallest absolute Gasteiger partial charge is 0 e. The molecule has 0 heterocycles. The van der Waals surface area contributed by atoms with Crippen LogP contribution in [-0.2, 0) is 65.4 Å². The van der Waals surface area contributed by atoms with Crippen molar-refractivity contribution < 1.29 is 65.4 Å². The number of rotatable bonds is 4. The van der Waals surface area contributed by atoms with Crippen LogP contribution in [0.15, 0.2) is 0 Å². The van der Waals surface area contributed by atoms with Crippen LogP contribution in [0.1, 0.15) is 112 Å². The van der Waals surface area contributed by atoms with Gasteiger partial charge in [-0.1, -0.05) is 86.0 Å². The van der Waals surface area contributed by atoms with Gasteiger partial charge in [0.05, 0.1) is 0 Å². The Bertz CT molecular complexity index is 289. The van der Waals surface area contributed by atoms with Gasteiger partial charge in [-0.25, -0.2) is 0 Å². The van der Waals surface area contributed by atoms with E-state index in [9.17, 15) is 0 Å². The van der Waals surface area contributed by atoms with E-state index in [0.717, 1.165) is 29.6 Å². The molecule has 3 heteroatoms. The van der Waals surface area contributed by atoms with Gasteiger partial charge in [-0.15, -0.1) is 0 Å². The molecule has 0 aromatic carbocycles. The Hall–Kier alpha value is 2.27. The fourth-order valence-corrected chi connectivity index (χ4v) is 5.44. The molecule has 147 valence electrons. The third-order valence-corrected chi connectivity index (χ3v) is 6.99. The van der Waals surface area contributed by atoms with Crippen LogP contribution in [0.3, 0.4) is 0 Å². The first-order valence-electron chi connectivity index (χ1n) is 10.1. The van der Waals surface area contributed by atoms with Crippen LogP contribution < -0.4 is 0 Å². The first-order chi connectivity index (χ1) is 10.3. The molecule has 0 N–H and O–H groups in total. The summed E-state index contributed by atoms with van der Waals surface area (Å²) in [7, 11) is 0. The SMILES string of the molecule is C.C.CC1CCC(CC2CCC(CC3CC[CH-]CC3)CC2)CC1.[B].[Y].[Y]. The van der Waals surface area contributed by atoms with Crippen molar-refractivity contribution in [3.05, 3.63) is 6.42 Å². The van der Waals surface area contributed by atoms with Crippen molar-refractivity contribution in [2.24, 2.45) is 29.6 Å². The van der Waals surface area contributed by atoms with Gasteiger partial charge in [-0.05, 0) is 42.4 Å². The standard InChI is InChI=1S/C21H37.2CH4.B.2Y/c1-17-7-9-19(10-8-17)16-21-13-11-20(12-14-21)15-18-5-3-2-4-6-18;;;;;/h2,17-21H,3-16H2,1H3;2*1H4;;;/q-1;;;;;. The second-order valence-corrected chi connectivity index (χ2v) is 8.79. The van der Waals surface area contributed by atoms with Gasteiger partial charge in [0.1, 0.15) is 0 Å². The summed E-state index contributed by atoms with van der Waals surface area (Å²) in [5, 5.41) is 0. The van der Waals surface area contributed by atoms with Gasteiger partial charge in [0, 0.05) is 73.8 Å². The summed E-state index contributed by atoms with van der Waals surface area (Å²) in [6, 6.07) is 0. The van der Waals surface area contributed by atoms with Crippen molar-refractivity contribution in [2.75, 3.05) is 0 Å². The van der Waals surface area contributed by atoms with Crippen LogP contribution in [0.2, 0.25) is 0 Å². The fraction of sp³-hybridized carbons (Fsp3) is 0.957.